The number of carbonyl (C=O) groups is 1. The van der Waals surface area contributed by atoms with E-state index < -0.39 is 5.91 Å². The van der Waals surface area contributed by atoms with Gasteiger partial charge in [0.15, 0.2) is 0 Å². The number of nitrogens with one attached hydrogen (secondary N) is 1. The average Bonchev–Trinajstić information content (AvgIpc) is 3.24. The van der Waals surface area contributed by atoms with Crippen LogP contribution in [0.15, 0.2) is 71.5 Å². The molecule has 0 saturated carbocycles. The molecule has 0 atom stereocenters. The van der Waals surface area contributed by atoms with Crippen molar-refractivity contribution in [1.82, 2.24) is 19.2 Å². The van der Waals surface area contributed by atoms with Gasteiger partial charge < -0.3 is 5.32 Å². The first-order valence-corrected chi connectivity index (χ1v) is 10.7. The molecular formula is C26H23N5O2. The molecule has 164 valence electrons. The van der Waals surface area contributed by atoms with Gasteiger partial charge in [0.25, 0.3) is 11.5 Å². The quantitative estimate of drug-likeness (QED) is 0.455. The molecule has 2 aromatic heterocycles. The summed E-state index contributed by atoms with van der Waals surface area (Å²) in [5.41, 5.74) is 6.14. The number of fused-ring (bicyclic) bond motifs is 3. The predicted molar refractivity (Wildman–Crippen MR) is 129 cm³/mol. The maximum absolute atomic E-state index is 13.5. The van der Waals surface area contributed by atoms with Gasteiger partial charge >= 0.3 is 0 Å². The Bertz CT molecular complexity index is 1580. The molecule has 5 rings (SSSR count). The second kappa shape index (κ2) is 8.02. The molecule has 7 heteroatoms. The van der Waals surface area contributed by atoms with Crippen molar-refractivity contribution in [2.45, 2.75) is 27.3 Å². The molecule has 0 bridgehead atoms. The van der Waals surface area contributed by atoms with Crippen molar-refractivity contribution < 1.29 is 4.79 Å². The summed E-state index contributed by atoms with van der Waals surface area (Å²) < 4.78 is 3.16. The van der Waals surface area contributed by atoms with Gasteiger partial charge in [0, 0.05) is 5.69 Å². The highest BCUT2D eigenvalue weighted by Crippen LogP contribution is 2.18. The average molecular weight is 438 g/mol. The van der Waals surface area contributed by atoms with E-state index >= 15 is 0 Å². The van der Waals surface area contributed by atoms with Gasteiger partial charge in [0.1, 0.15) is 0 Å². The second-order valence-corrected chi connectivity index (χ2v) is 8.36. The molecule has 0 aliphatic rings. The van der Waals surface area contributed by atoms with E-state index in [0.29, 0.717) is 17.7 Å². The van der Waals surface area contributed by atoms with Crippen LogP contribution in [-0.4, -0.2) is 25.1 Å². The monoisotopic (exact) mass is 437 g/mol. The zero-order valence-electron chi connectivity index (χ0n) is 18.7. The summed E-state index contributed by atoms with van der Waals surface area (Å²) >= 11 is 0. The summed E-state index contributed by atoms with van der Waals surface area (Å²) in [6, 6.07) is 21.4. The van der Waals surface area contributed by atoms with E-state index in [1.165, 1.54) is 4.52 Å². The van der Waals surface area contributed by atoms with Crippen molar-refractivity contribution in [2.24, 2.45) is 0 Å². The van der Waals surface area contributed by atoms with Crippen LogP contribution in [-0.2, 0) is 6.54 Å². The molecule has 2 heterocycles. The third-order valence-electron chi connectivity index (χ3n) is 5.63. The Balaban J connectivity index is 1.64. The van der Waals surface area contributed by atoms with Gasteiger partial charge in [-0.3, -0.25) is 14.2 Å². The lowest BCUT2D eigenvalue weighted by atomic mass is 10.1. The highest BCUT2D eigenvalue weighted by atomic mass is 16.2. The van der Waals surface area contributed by atoms with Crippen molar-refractivity contribution >= 4 is 28.3 Å². The predicted octanol–water partition coefficient (Wildman–Crippen LogP) is 4.27. The van der Waals surface area contributed by atoms with E-state index in [1.807, 2.05) is 81.4 Å². The lowest BCUT2D eigenvalue weighted by Gasteiger charge is -2.12. The van der Waals surface area contributed by atoms with Crippen LogP contribution in [0.1, 0.15) is 32.9 Å². The Morgan fingerprint density at radius 1 is 0.879 bits per heavy atom. The molecule has 0 spiro atoms. The number of hydrogen-bond acceptors (Lipinski definition) is 4. The molecule has 0 aliphatic heterocycles. The van der Waals surface area contributed by atoms with Crippen LogP contribution in [0.4, 0.5) is 5.69 Å². The minimum absolute atomic E-state index is 0.0523. The van der Waals surface area contributed by atoms with E-state index in [2.05, 4.69) is 15.4 Å². The maximum Gasteiger partial charge on any atom is 0.296 e. The molecular weight excluding hydrogens is 414 g/mol. The Morgan fingerprint density at radius 2 is 1.61 bits per heavy atom. The van der Waals surface area contributed by atoms with Gasteiger partial charge in [0.05, 0.1) is 17.6 Å². The minimum Gasteiger partial charge on any atom is -0.319 e. The van der Waals surface area contributed by atoms with Crippen molar-refractivity contribution in [1.29, 1.82) is 0 Å². The van der Waals surface area contributed by atoms with Gasteiger partial charge in [-0.15, -0.1) is 5.10 Å². The van der Waals surface area contributed by atoms with E-state index in [-0.39, 0.29) is 17.0 Å². The fraction of sp³-hybridized carbons (Fsp3) is 0.154. The molecule has 3 aromatic carbocycles. The minimum atomic E-state index is -0.464. The number of anilines is 1. The van der Waals surface area contributed by atoms with Crippen molar-refractivity contribution in [3.8, 4) is 0 Å². The summed E-state index contributed by atoms with van der Waals surface area (Å²) in [7, 11) is 0. The third-order valence-corrected chi connectivity index (χ3v) is 5.63. The number of hydrogen-bond donors (Lipinski definition) is 1. The van der Waals surface area contributed by atoms with Gasteiger partial charge in [-0.2, -0.15) is 4.98 Å². The SMILES string of the molecule is Cc1ccc(Cn2c(=O)c3nc(C(=O)Nc4cccc(C)c4)nn3c3ccc(C)cc32)cc1. The van der Waals surface area contributed by atoms with Crippen LogP contribution in [0.3, 0.4) is 0 Å². The van der Waals surface area contributed by atoms with Gasteiger partial charge in [-0.25, -0.2) is 4.52 Å². The van der Waals surface area contributed by atoms with Gasteiger partial charge in [0.2, 0.25) is 11.5 Å². The number of carbonyl (C=O) groups excluding carboxylic acids is 1. The summed E-state index contributed by atoms with van der Waals surface area (Å²) in [6.07, 6.45) is 0. The Kier molecular flexibility index (Phi) is 5.01. The summed E-state index contributed by atoms with van der Waals surface area (Å²) in [5, 5.41) is 7.20. The lowest BCUT2D eigenvalue weighted by molar-refractivity contribution is 0.101. The Labute approximate surface area is 190 Å². The van der Waals surface area contributed by atoms with Crippen LogP contribution in [0.25, 0.3) is 16.7 Å². The highest BCUT2D eigenvalue weighted by Gasteiger charge is 2.19. The maximum atomic E-state index is 13.5. The van der Waals surface area contributed by atoms with E-state index in [1.54, 1.807) is 10.6 Å². The van der Waals surface area contributed by atoms with Crippen LogP contribution in [0.2, 0.25) is 0 Å². The van der Waals surface area contributed by atoms with Crippen LogP contribution in [0, 0.1) is 20.8 Å². The van der Waals surface area contributed by atoms with Crippen LogP contribution < -0.4 is 10.9 Å². The van der Waals surface area contributed by atoms with E-state index in [9.17, 15) is 9.59 Å². The second-order valence-electron chi connectivity index (χ2n) is 8.36. The Hall–Kier alpha value is -4.26. The van der Waals surface area contributed by atoms with Crippen LogP contribution in [0.5, 0.6) is 0 Å². The first-order chi connectivity index (χ1) is 15.9. The van der Waals surface area contributed by atoms with E-state index in [0.717, 1.165) is 27.8 Å². The molecule has 1 amide bonds. The summed E-state index contributed by atoms with van der Waals surface area (Å²) in [4.78, 5) is 30.6. The molecule has 0 saturated heterocycles. The number of rotatable bonds is 4. The normalized spacial score (nSPS) is 11.2. The number of benzene rings is 3. The molecule has 0 fully saturated rings. The van der Waals surface area contributed by atoms with E-state index in [4.69, 9.17) is 0 Å². The molecule has 0 aliphatic carbocycles. The number of nitrogens with zero attached hydrogens (tertiary/aromatic N) is 4. The summed E-state index contributed by atoms with van der Waals surface area (Å²) in [5.74, 6) is -0.516. The topological polar surface area (TPSA) is 81.3 Å². The van der Waals surface area contributed by atoms with Crippen molar-refractivity contribution in [3.63, 3.8) is 0 Å². The molecule has 5 aromatic rings. The molecule has 0 unspecified atom stereocenters. The molecule has 7 nitrogen and oxygen atoms in total. The standard InChI is InChI=1S/C26H23N5O2/c1-16-7-10-19(11-8-16)15-30-22-14-18(3)9-12-21(22)31-24(26(30)33)28-23(29-31)25(32)27-20-6-4-5-17(2)13-20/h4-14H,15H2,1-3H3,(H,27,32). The summed E-state index contributed by atoms with van der Waals surface area (Å²) in [6.45, 7) is 6.35. The fourth-order valence-corrected chi connectivity index (χ4v) is 3.92. The van der Waals surface area contributed by atoms with Crippen LogP contribution >= 0.6 is 0 Å². The number of aromatic nitrogens is 4. The molecule has 33 heavy (non-hydrogen) atoms. The van der Waals surface area contributed by atoms with Crippen molar-refractivity contribution in [2.75, 3.05) is 5.32 Å². The largest absolute Gasteiger partial charge is 0.319 e. The third kappa shape index (κ3) is 3.89. The first kappa shape index (κ1) is 20.6. The zero-order chi connectivity index (χ0) is 23.1. The molecule has 1 N–H and O–H groups in total. The Morgan fingerprint density at radius 3 is 2.36 bits per heavy atom. The fourth-order valence-electron chi connectivity index (χ4n) is 3.92. The molecule has 0 radical (unpaired) electrons. The highest BCUT2D eigenvalue weighted by molar-refractivity contribution is 6.02. The lowest BCUT2D eigenvalue weighted by Crippen LogP contribution is -2.24. The smallest absolute Gasteiger partial charge is 0.296 e. The van der Waals surface area contributed by atoms with Gasteiger partial charge in [-0.1, -0.05) is 48.0 Å². The number of amides is 1. The first-order valence-electron chi connectivity index (χ1n) is 10.7. The zero-order valence-corrected chi connectivity index (χ0v) is 18.7. The van der Waals surface area contributed by atoms with Gasteiger partial charge in [-0.05, 0) is 61.7 Å². The number of aryl methyl sites for hydroxylation is 3. The van der Waals surface area contributed by atoms with Crippen molar-refractivity contribution in [3.05, 3.63) is 105 Å².